The molecule has 2 amide bonds. The fourth-order valence-corrected chi connectivity index (χ4v) is 5.56. The smallest absolute Gasteiger partial charge is 0.246 e. The summed E-state index contributed by atoms with van der Waals surface area (Å²) in [5.74, 6) is 1.02. The molecule has 0 unspecified atom stereocenters. The Balaban J connectivity index is 1.42. The lowest BCUT2D eigenvalue weighted by Gasteiger charge is -2.42. The average Bonchev–Trinajstić information content (AvgIpc) is 3.29. The molecule has 0 spiro atoms. The van der Waals surface area contributed by atoms with E-state index >= 15 is 0 Å². The van der Waals surface area contributed by atoms with Gasteiger partial charge in [-0.1, -0.05) is 36.8 Å². The predicted octanol–water partition coefficient (Wildman–Crippen LogP) is 5.18. The van der Waals surface area contributed by atoms with Crippen molar-refractivity contribution in [3.05, 3.63) is 63.9 Å². The van der Waals surface area contributed by atoms with Gasteiger partial charge in [-0.2, -0.15) is 0 Å². The second kappa shape index (κ2) is 10.5. The van der Waals surface area contributed by atoms with Gasteiger partial charge in [-0.25, -0.2) is 0 Å². The van der Waals surface area contributed by atoms with Gasteiger partial charge in [0.2, 0.25) is 11.8 Å². The summed E-state index contributed by atoms with van der Waals surface area (Å²) < 4.78 is 0. The molecule has 1 aliphatic carbocycles. The molecule has 5 heteroatoms. The normalized spacial score (nSPS) is 18.5. The van der Waals surface area contributed by atoms with Crippen molar-refractivity contribution in [1.29, 1.82) is 0 Å². The third kappa shape index (κ3) is 5.32. The van der Waals surface area contributed by atoms with Crippen LogP contribution in [0.1, 0.15) is 48.1 Å². The fourth-order valence-electron chi connectivity index (χ4n) is 4.94. The summed E-state index contributed by atoms with van der Waals surface area (Å²) in [5, 5.41) is 2.02. The van der Waals surface area contributed by atoms with Crippen molar-refractivity contribution >= 4 is 29.2 Å². The van der Waals surface area contributed by atoms with E-state index in [1.807, 2.05) is 35.5 Å². The Morgan fingerprint density at radius 1 is 1.12 bits per heavy atom. The van der Waals surface area contributed by atoms with Crippen LogP contribution in [0.25, 0.3) is 6.08 Å². The lowest BCUT2D eigenvalue weighted by molar-refractivity contribution is -0.141. The first-order valence-electron chi connectivity index (χ1n) is 11.8. The number of aryl methyl sites for hydroxylation is 1. The molecular weight excluding hydrogens is 416 g/mol. The first-order chi connectivity index (χ1) is 15.5. The summed E-state index contributed by atoms with van der Waals surface area (Å²) in [6.07, 6.45) is 9.61. The molecule has 2 aliphatic rings. The molecule has 1 atom stereocenters. The van der Waals surface area contributed by atoms with Crippen molar-refractivity contribution in [2.75, 3.05) is 20.1 Å². The molecule has 1 aromatic carbocycles. The standard InChI is InChI=1S/C27H34N2O2S/c1-20-7-3-4-8-23(20)19-25(28(2)27(31)22-9-5-10-22)21-14-16-29(17-15-21)26(30)13-12-24-11-6-18-32-24/h3-4,6-8,11-13,18,21-22,25H,5,9-10,14-17,19H2,1-2H3/b13-12+/t25-/m1/s1. The van der Waals surface area contributed by atoms with Crippen molar-refractivity contribution in [2.24, 2.45) is 11.8 Å². The summed E-state index contributed by atoms with van der Waals surface area (Å²) >= 11 is 1.64. The third-order valence-corrected chi connectivity index (χ3v) is 8.16. The van der Waals surface area contributed by atoms with E-state index in [0.717, 1.165) is 50.1 Å². The summed E-state index contributed by atoms with van der Waals surface area (Å²) in [5.41, 5.74) is 2.61. The lowest BCUT2D eigenvalue weighted by atomic mass is 9.81. The van der Waals surface area contributed by atoms with Gasteiger partial charge in [-0.05, 0) is 73.6 Å². The molecule has 2 aromatic rings. The number of hydrogen-bond acceptors (Lipinski definition) is 3. The molecule has 0 N–H and O–H groups in total. The lowest BCUT2D eigenvalue weighted by Crippen LogP contribution is -2.50. The number of carbonyl (C=O) groups is 2. The summed E-state index contributed by atoms with van der Waals surface area (Å²) in [4.78, 5) is 30.9. The minimum Gasteiger partial charge on any atom is -0.342 e. The third-order valence-electron chi connectivity index (χ3n) is 7.32. The van der Waals surface area contributed by atoms with E-state index in [1.54, 1.807) is 17.4 Å². The van der Waals surface area contributed by atoms with Crippen LogP contribution in [-0.2, 0) is 16.0 Å². The Bertz CT molecular complexity index is 940. The monoisotopic (exact) mass is 450 g/mol. The van der Waals surface area contributed by atoms with Gasteiger partial charge in [0.1, 0.15) is 0 Å². The van der Waals surface area contributed by atoms with E-state index in [1.165, 1.54) is 17.5 Å². The van der Waals surface area contributed by atoms with Crippen molar-refractivity contribution in [2.45, 2.75) is 51.5 Å². The van der Waals surface area contributed by atoms with E-state index in [9.17, 15) is 9.59 Å². The van der Waals surface area contributed by atoms with Gasteiger partial charge in [0.05, 0.1) is 0 Å². The molecule has 1 aliphatic heterocycles. The predicted molar refractivity (Wildman–Crippen MR) is 131 cm³/mol. The maximum absolute atomic E-state index is 13.1. The van der Waals surface area contributed by atoms with Gasteiger partial charge in [-0.15, -0.1) is 11.3 Å². The number of rotatable bonds is 7. The Kier molecular flexibility index (Phi) is 7.46. The number of hydrogen-bond donors (Lipinski definition) is 0. The van der Waals surface area contributed by atoms with Gasteiger partial charge >= 0.3 is 0 Å². The van der Waals surface area contributed by atoms with E-state index in [-0.39, 0.29) is 17.9 Å². The molecule has 1 saturated heterocycles. The van der Waals surface area contributed by atoms with Crippen LogP contribution in [0.5, 0.6) is 0 Å². The van der Waals surface area contributed by atoms with Gasteiger partial charge in [0.25, 0.3) is 0 Å². The molecule has 170 valence electrons. The number of amides is 2. The number of benzene rings is 1. The highest BCUT2D eigenvalue weighted by Gasteiger charge is 2.36. The molecule has 32 heavy (non-hydrogen) atoms. The quantitative estimate of drug-likeness (QED) is 0.546. The molecule has 4 nitrogen and oxygen atoms in total. The minimum atomic E-state index is 0.0891. The van der Waals surface area contributed by atoms with Crippen molar-refractivity contribution in [1.82, 2.24) is 9.80 Å². The molecule has 4 rings (SSSR count). The van der Waals surface area contributed by atoms with Gasteiger partial charge in [-0.3, -0.25) is 9.59 Å². The summed E-state index contributed by atoms with van der Waals surface area (Å²) in [7, 11) is 2.00. The van der Waals surface area contributed by atoms with Crippen molar-refractivity contribution < 1.29 is 9.59 Å². The summed E-state index contributed by atoms with van der Waals surface area (Å²) in [6, 6.07) is 12.7. The van der Waals surface area contributed by atoms with Crippen LogP contribution < -0.4 is 0 Å². The Morgan fingerprint density at radius 3 is 2.50 bits per heavy atom. The Hall–Kier alpha value is -2.40. The van der Waals surface area contributed by atoms with Gasteiger partial charge in [0, 0.05) is 43.1 Å². The molecule has 1 aromatic heterocycles. The fraction of sp³-hybridized carbons (Fsp3) is 0.481. The van der Waals surface area contributed by atoms with Crippen LogP contribution >= 0.6 is 11.3 Å². The highest BCUT2D eigenvalue weighted by Crippen LogP contribution is 2.32. The maximum Gasteiger partial charge on any atom is 0.246 e. The first-order valence-corrected chi connectivity index (χ1v) is 12.7. The number of thiophene rings is 1. The average molecular weight is 451 g/mol. The number of likely N-dealkylation sites (tertiary alicyclic amines) is 1. The van der Waals surface area contributed by atoms with E-state index in [2.05, 4.69) is 36.1 Å². The van der Waals surface area contributed by atoms with Crippen molar-refractivity contribution in [3.63, 3.8) is 0 Å². The molecule has 0 radical (unpaired) electrons. The SMILES string of the molecule is Cc1ccccc1C[C@H](C1CCN(C(=O)/C=C/c2cccs2)CC1)N(C)C(=O)C1CCC1. The molecule has 2 fully saturated rings. The summed E-state index contributed by atoms with van der Waals surface area (Å²) in [6.45, 7) is 3.67. The van der Waals surface area contributed by atoms with Gasteiger partial charge < -0.3 is 9.80 Å². The number of likely N-dealkylation sites (N-methyl/N-ethyl adjacent to an activating group) is 1. The first kappa shape index (κ1) is 22.8. The van der Waals surface area contributed by atoms with E-state index in [4.69, 9.17) is 0 Å². The van der Waals surface area contributed by atoms with Crippen LogP contribution in [-0.4, -0.2) is 47.8 Å². The topological polar surface area (TPSA) is 40.6 Å². The highest BCUT2D eigenvalue weighted by molar-refractivity contribution is 7.10. The molecule has 0 bridgehead atoms. The van der Waals surface area contributed by atoms with Crippen LogP contribution in [0.15, 0.2) is 47.9 Å². The molecule has 1 saturated carbocycles. The van der Waals surface area contributed by atoms with Crippen LogP contribution in [0.3, 0.4) is 0 Å². The van der Waals surface area contributed by atoms with Gasteiger partial charge in [0.15, 0.2) is 0 Å². The second-order valence-electron chi connectivity index (χ2n) is 9.29. The zero-order chi connectivity index (χ0) is 22.5. The van der Waals surface area contributed by atoms with Crippen LogP contribution in [0, 0.1) is 18.8 Å². The molecular formula is C27H34N2O2S. The van der Waals surface area contributed by atoms with Crippen molar-refractivity contribution in [3.8, 4) is 0 Å². The van der Waals surface area contributed by atoms with Crippen LogP contribution in [0.2, 0.25) is 0 Å². The van der Waals surface area contributed by atoms with Crippen LogP contribution in [0.4, 0.5) is 0 Å². The van der Waals surface area contributed by atoms with E-state index in [0.29, 0.717) is 11.8 Å². The second-order valence-corrected chi connectivity index (χ2v) is 10.3. The zero-order valence-electron chi connectivity index (χ0n) is 19.2. The largest absolute Gasteiger partial charge is 0.342 e. The maximum atomic E-state index is 13.1. The zero-order valence-corrected chi connectivity index (χ0v) is 20.0. The Morgan fingerprint density at radius 2 is 1.88 bits per heavy atom. The Labute approximate surface area is 195 Å². The number of nitrogens with zero attached hydrogens (tertiary/aromatic N) is 2. The number of carbonyl (C=O) groups excluding carboxylic acids is 2. The minimum absolute atomic E-state index is 0.0891. The molecule has 2 heterocycles. The number of piperidine rings is 1. The van der Waals surface area contributed by atoms with E-state index < -0.39 is 0 Å². The highest BCUT2D eigenvalue weighted by atomic mass is 32.1.